The van der Waals surface area contributed by atoms with Crippen LogP contribution in [0.3, 0.4) is 0 Å². The molecule has 0 aliphatic carbocycles. The fourth-order valence-electron chi connectivity index (χ4n) is 4.81. The smallest absolute Gasteiger partial charge is 0.220 e. The Bertz CT molecular complexity index is 701. The van der Waals surface area contributed by atoms with Gasteiger partial charge in [-0.05, 0) is 32.1 Å². The molecule has 7 unspecified atom stereocenters. The van der Waals surface area contributed by atoms with Crippen LogP contribution in [0.2, 0.25) is 0 Å². The van der Waals surface area contributed by atoms with Crippen molar-refractivity contribution in [3.8, 4) is 0 Å². The number of aliphatic hydroxyl groups is 5. The summed E-state index contributed by atoms with van der Waals surface area (Å²) in [6, 6.07) is -0.811. The first-order chi connectivity index (χ1) is 19.8. The number of hydrogen-bond donors (Lipinski definition) is 6. The molecule has 0 spiro atoms. The van der Waals surface area contributed by atoms with Crippen LogP contribution >= 0.6 is 0 Å². The highest BCUT2D eigenvalue weighted by atomic mass is 16.7. The van der Waals surface area contributed by atoms with E-state index in [1.165, 1.54) is 57.8 Å². The average Bonchev–Trinajstić information content (AvgIpc) is 2.97. The Morgan fingerprint density at radius 3 is 2.05 bits per heavy atom. The van der Waals surface area contributed by atoms with E-state index in [1.54, 1.807) is 6.08 Å². The van der Waals surface area contributed by atoms with Gasteiger partial charge in [-0.1, -0.05) is 102 Å². The highest BCUT2D eigenvalue weighted by Crippen LogP contribution is 2.22. The molecule has 0 aromatic heterocycles. The molecular formula is C32H59NO8. The van der Waals surface area contributed by atoms with Gasteiger partial charge in [-0.2, -0.15) is 0 Å². The minimum Gasteiger partial charge on any atom is -0.394 e. The lowest BCUT2D eigenvalue weighted by Crippen LogP contribution is -2.60. The molecule has 0 aromatic rings. The second-order valence-corrected chi connectivity index (χ2v) is 11.2. The van der Waals surface area contributed by atoms with Gasteiger partial charge in [0.1, 0.15) is 24.4 Å². The van der Waals surface area contributed by atoms with Crippen molar-refractivity contribution in [2.24, 2.45) is 0 Å². The maximum absolute atomic E-state index is 12.7. The van der Waals surface area contributed by atoms with Crippen molar-refractivity contribution in [2.45, 2.75) is 159 Å². The van der Waals surface area contributed by atoms with Gasteiger partial charge in [0.25, 0.3) is 0 Å². The number of carbonyl (C=O) groups is 1. The predicted octanol–water partition coefficient (Wildman–Crippen LogP) is 4.04. The SMILES string of the molecule is CCCCC/C=C/CC/C=C/C(O)C(COC1OC(CO)C(O)C(O)C1O)NC(=O)CCCCCCCCCCC. The predicted molar refractivity (Wildman–Crippen MR) is 161 cm³/mol. The van der Waals surface area contributed by atoms with E-state index < -0.39 is 49.5 Å². The number of unbranched alkanes of at least 4 members (excludes halogenated alkanes) is 12. The highest BCUT2D eigenvalue weighted by Gasteiger charge is 2.44. The molecule has 1 fully saturated rings. The molecule has 9 heteroatoms. The first-order valence-electron chi connectivity index (χ1n) is 16.1. The van der Waals surface area contributed by atoms with Gasteiger partial charge in [-0.3, -0.25) is 4.79 Å². The van der Waals surface area contributed by atoms with Gasteiger partial charge < -0.3 is 40.3 Å². The molecule has 6 N–H and O–H groups in total. The Kier molecular flexibility index (Phi) is 22.2. The lowest BCUT2D eigenvalue weighted by Gasteiger charge is -2.40. The van der Waals surface area contributed by atoms with E-state index in [2.05, 4.69) is 31.3 Å². The Hall–Kier alpha value is -1.33. The summed E-state index contributed by atoms with van der Waals surface area (Å²) in [5.74, 6) is -0.196. The first kappa shape index (κ1) is 37.7. The van der Waals surface area contributed by atoms with Gasteiger partial charge >= 0.3 is 0 Å². The molecule has 1 saturated heterocycles. The van der Waals surface area contributed by atoms with Crippen molar-refractivity contribution >= 4 is 5.91 Å². The molecule has 1 aliphatic rings. The van der Waals surface area contributed by atoms with Gasteiger partial charge in [0.2, 0.25) is 5.91 Å². The van der Waals surface area contributed by atoms with Gasteiger partial charge in [0.05, 0.1) is 25.4 Å². The lowest BCUT2D eigenvalue weighted by molar-refractivity contribution is -0.302. The number of aliphatic hydroxyl groups excluding tert-OH is 5. The Morgan fingerprint density at radius 2 is 1.39 bits per heavy atom. The molecule has 9 nitrogen and oxygen atoms in total. The topological polar surface area (TPSA) is 149 Å². The molecule has 1 rings (SSSR count). The zero-order valence-electron chi connectivity index (χ0n) is 25.5. The van der Waals surface area contributed by atoms with Crippen molar-refractivity contribution < 1.29 is 39.8 Å². The number of hydrogen-bond acceptors (Lipinski definition) is 8. The van der Waals surface area contributed by atoms with E-state index in [0.29, 0.717) is 6.42 Å². The van der Waals surface area contributed by atoms with E-state index in [0.717, 1.165) is 38.5 Å². The summed E-state index contributed by atoms with van der Waals surface area (Å²) in [7, 11) is 0. The molecule has 0 aromatic carbocycles. The number of carbonyl (C=O) groups excluding carboxylic acids is 1. The van der Waals surface area contributed by atoms with Gasteiger partial charge in [0.15, 0.2) is 6.29 Å². The summed E-state index contributed by atoms with van der Waals surface area (Å²) < 4.78 is 11.1. The summed E-state index contributed by atoms with van der Waals surface area (Å²) in [5.41, 5.74) is 0. The number of nitrogens with one attached hydrogen (secondary N) is 1. The van der Waals surface area contributed by atoms with Crippen LogP contribution in [-0.2, 0) is 14.3 Å². The van der Waals surface area contributed by atoms with Crippen LogP contribution in [0, 0.1) is 0 Å². The second kappa shape index (κ2) is 24.1. The summed E-state index contributed by atoms with van der Waals surface area (Å²) in [5, 5.41) is 53.4. The van der Waals surface area contributed by atoms with Crippen molar-refractivity contribution in [1.29, 1.82) is 0 Å². The van der Waals surface area contributed by atoms with E-state index in [-0.39, 0.29) is 12.5 Å². The van der Waals surface area contributed by atoms with Crippen molar-refractivity contribution in [1.82, 2.24) is 5.32 Å². The molecule has 1 heterocycles. The van der Waals surface area contributed by atoms with Crippen LogP contribution in [0.1, 0.15) is 117 Å². The molecule has 41 heavy (non-hydrogen) atoms. The zero-order chi connectivity index (χ0) is 30.3. The Labute approximate surface area is 248 Å². The molecule has 1 aliphatic heterocycles. The van der Waals surface area contributed by atoms with Crippen LogP contribution in [0.15, 0.2) is 24.3 Å². The monoisotopic (exact) mass is 585 g/mol. The lowest BCUT2D eigenvalue weighted by atomic mass is 9.99. The minimum absolute atomic E-state index is 0.196. The Balaban J connectivity index is 2.59. The van der Waals surface area contributed by atoms with E-state index in [9.17, 15) is 30.3 Å². The molecule has 240 valence electrons. The maximum atomic E-state index is 12.7. The molecule has 0 bridgehead atoms. The number of rotatable bonds is 24. The molecule has 0 saturated carbocycles. The van der Waals surface area contributed by atoms with Gasteiger partial charge in [0, 0.05) is 6.42 Å². The standard InChI is InChI=1S/C32H59NO8/c1-3-5-7-9-11-13-15-17-19-21-26(35)25(24-40-32-31(39)30(38)29(37)27(23-34)41-32)33-28(36)22-20-18-16-14-12-10-8-6-4-2/h11,13,19,21,25-27,29-32,34-35,37-39H,3-10,12,14-18,20,22-24H2,1-2H3,(H,33,36)/b13-11+,21-19+. The third-order valence-corrected chi connectivity index (χ3v) is 7.53. The van der Waals surface area contributed by atoms with E-state index >= 15 is 0 Å². The fraction of sp³-hybridized carbons (Fsp3) is 0.844. The zero-order valence-corrected chi connectivity index (χ0v) is 25.5. The van der Waals surface area contributed by atoms with E-state index in [1.807, 2.05) is 6.08 Å². The second-order valence-electron chi connectivity index (χ2n) is 11.2. The molecule has 0 radical (unpaired) electrons. The van der Waals surface area contributed by atoms with Crippen LogP contribution in [-0.4, -0.2) is 87.5 Å². The van der Waals surface area contributed by atoms with Crippen molar-refractivity contribution in [3.05, 3.63) is 24.3 Å². The minimum atomic E-state index is -1.56. The van der Waals surface area contributed by atoms with Crippen LogP contribution < -0.4 is 5.32 Å². The quantitative estimate of drug-likeness (QED) is 0.0734. The number of amides is 1. The highest BCUT2D eigenvalue weighted by molar-refractivity contribution is 5.76. The molecular weight excluding hydrogens is 526 g/mol. The summed E-state index contributed by atoms with van der Waals surface area (Å²) >= 11 is 0. The summed E-state index contributed by atoms with van der Waals surface area (Å²) in [6.07, 6.45) is 16.7. The number of ether oxygens (including phenoxy) is 2. The summed E-state index contributed by atoms with van der Waals surface area (Å²) in [6.45, 7) is 3.63. The number of allylic oxidation sites excluding steroid dienone is 3. The Morgan fingerprint density at radius 1 is 0.805 bits per heavy atom. The molecule has 1 amide bonds. The van der Waals surface area contributed by atoms with Crippen LogP contribution in [0.4, 0.5) is 0 Å². The average molecular weight is 586 g/mol. The first-order valence-corrected chi connectivity index (χ1v) is 16.1. The van der Waals surface area contributed by atoms with Gasteiger partial charge in [-0.15, -0.1) is 0 Å². The fourth-order valence-corrected chi connectivity index (χ4v) is 4.81. The molecule has 7 atom stereocenters. The third-order valence-electron chi connectivity index (χ3n) is 7.53. The van der Waals surface area contributed by atoms with Crippen LogP contribution in [0.25, 0.3) is 0 Å². The normalized spacial score (nSPS) is 24.7. The van der Waals surface area contributed by atoms with Crippen molar-refractivity contribution in [3.63, 3.8) is 0 Å². The van der Waals surface area contributed by atoms with Gasteiger partial charge in [-0.25, -0.2) is 0 Å². The maximum Gasteiger partial charge on any atom is 0.220 e. The largest absolute Gasteiger partial charge is 0.394 e. The van der Waals surface area contributed by atoms with Crippen molar-refractivity contribution in [2.75, 3.05) is 13.2 Å². The van der Waals surface area contributed by atoms with E-state index in [4.69, 9.17) is 9.47 Å². The summed E-state index contributed by atoms with van der Waals surface area (Å²) in [4.78, 5) is 12.7. The third kappa shape index (κ3) is 16.8. The van der Waals surface area contributed by atoms with Crippen LogP contribution in [0.5, 0.6) is 0 Å².